The van der Waals surface area contributed by atoms with Crippen LogP contribution in [0.25, 0.3) is 0 Å². The number of amides is 1. The van der Waals surface area contributed by atoms with E-state index in [1.807, 2.05) is 20.8 Å². The van der Waals surface area contributed by atoms with E-state index in [4.69, 9.17) is 4.74 Å². The van der Waals surface area contributed by atoms with Crippen LogP contribution in [0.15, 0.2) is 0 Å². The van der Waals surface area contributed by atoms with Crippen molar-refractivity contribution >= 4 is 6.09 Å². The molecular formula is C10H19NO2. The summed E-state index contributed by atoms with van der Waals surface area (Å²) in [6.45, 7) is 10.6. The Labute approximate surface area is 80.1 Å². The molecule has 1 heterocycles. The standard InChI is InChI=1S/C10H19NO2/c1-9(2,3)13-8(12)11-7-6-10(11,4)5/h6-7H2,1-5H3. The molecule has 1 amide bonds. The zero-order chi connectivity index (χ0) is 10.3. The second-order valence-electron chi connectivity index (χ2n) is 5.19. The van der Waals surface area contributed by atoms with Gasteiger partial charge in [-0.15, -0.1) is 0 Å². The maximum Gasteiger partial charge on any atom is 0.410 e. The Hall–Kier alpha value is -0.730. The van der Waals surface area contributed by atoms with Gasteiger partial charge in [-0.05, 0) is 41.0 Å². The summed E-state index contributed by atoms with van der Waals surface area (Å²) in [6.07, 6.45) is 0.871. The number of rotatable bonds is 0. The molecule has 1 aliphatic rings. The Morgan fingerprint density at radius 3 is 2.15 bits per heavy atom. The molecule has 0 N–H and O–H groups in total. The second kappa shape index (κ2) is 2.89. The highest BCUT2D eigenvalue weighted by Crippen LogP contribution is 2.30. The molecule has 0 aromatic heterocycles. The lowest BCUT2D eigenvalue weighted by atomic mass is 9.90. The lowest BCUT2D eigenvalue weighted by Crippen LogP contribution is -2.59. The van der Waals surface area contributed by atoms with Crippen molar-refractivity contribution in [3.63, 3.8) is 0 Å². The normalized spacial score (nSPS) is 20.8. The van der Waals surface area contributed by atoms with Crippen molar-refractivity contribution in [2.45, 2.75) is 52.2 Å². The van der Waals surface area contributed by atoms with Crippen molar-refractivity contribution in [3.05, 3.63) is 0 Å². The largest absolute Gasteiger partial charge is 0.444 e. The van der Waals surface area contributed by atoms with Gasteiger partial charge in [-0.3, -0.25) is 0 Å². The predicted octanol–water partition coefficient (Wildman–Crippen LogP) is 2.41. The van der Waals surface area contributed by atoms with Gasteiger partial charge in [-0.25, -0.2) is 4.79 Å². The fourth-order valence-electron chi connectivity index (χ4n) is 1.33. The topological polar surface area (TPSA) is 29.5 Å². The van der Waals surface area contributed by atoms with Gasteiger partial charge < -0.3 is 9.64 Å². The van der Waals surface area contributed by atoms with Gasteiger partial charge >= 0.3 is 6.09 Å². The summed E-state index contributed by atoms with van der Waals surface area (Å²) in [5.41, 5.74) is -0.398. The lowest BCUT2D eigenvalue weighted by molar-refractivity contribution is -0.0306. The summed E-state index contributed by atoms with van der Waals surface area (Å²) in [6, 6.07) is 0. The van der Waals surface area contributed by atoms with Crippen LogP contribution < -0.4 is 0 Å². The van der Waals surface area contributed by atoms with Crippen molar-refractivity contribution in [2.24, 2.45) is 0 Å². The molecule has 0 saturated carbocycles. The third-order valence-electron chi connectivity index (χ3n) is 2.29. The van der Waals surface area contributed by atoms with Gasteiger partial charge in [-0.2, -0.15) is 0 Å². The summed E-state index contributed by atoms with van der Waals surface area (Å²) < 4.78 is 5.26. The Kier molecular flexibility index (Phi) is 2.30. The van der Waals surface area contributed by atoms with Gasteiger partial charge in [0.2, 0.25) is 0 Å². The van der Waals surface area contributed by atoms with Crippen molar-refractivity contribution < 1.29 is 9.53 Å². The van der Waals surface area contributed by atoms with Crippen LogP contribution in [0.5, 0.6) is 0 Å². The van der Waals surface area contributed by atoms with Gasteiger partial charge in [0.25, 0.3) is 0 Å². The van der Waals surface area contributed by atoms with Crippen LogP contribution in [-0.2, 0) is 4.74 Å². The van der Waals surface area contributed by atoms with Crippen LogP contribution in [0.4, 0.5) is 4.79 Å². The summed E-state index contributed by atoms with van der Waals surface area (Å²) in [5.74, 6) is 0. The maximum absolute atomic E-state index is 11.6. The van der Waals surface area contributed by atoms with Gasteiger partial charge in [0, 0.05) is 12.1 Å². The Morgan fingerprint density at radius 1 is 1.38 bits per heavy atom. The van der Waals surface area contributed by atoms with Crippen LogP contribution in [0, 0.1) is 0 Å². The highest BCUT2D eigenvalue weighted by molar-refractivity contribution is 5.70. The zero-order valence-corrected chi connectivity index (χ0v) is 9.18. The fourth-order valence-corrected chi connectivity index (χ4v) is 1.33. The second-order valence-corrected chi connectivity index (χ2v) is 5.19. The first-order valence-electron chi connectivity index (χ1n) is 4.73. The quantitative estimate of drug-likeness (QED) is 0.580. The molecule has 0 atom stereocenters. The Bertz CT molecular complexity index is 215. The van der Waals surface area contributed by atoms with Crippen LogP contribution in [-0.4, -0.2) is 28.7 Å². The van der Waals surface area contributed by atoms with Crippen molar-refractivity contribution in [1.82, 2.24) is 4.90 Å². The summed E-state index contributed by atoms with van der Waals surface area (Å²) in [4.78, 5) is 13.3. The zero-order valence-electron chi connectivity index (χ0n) is 9.18. The first-order valence-corrected chi connectivity index (χ1v) is 4.73. The van der Waals surface area contributed by atoms with E-state index < -0.39 is 0 Å². The molecule has 13 heavy (non-hydrogen) atoms. The third kappa shape index (κ3) is 2.36. The van der Waals surface area contributed by atoms with E-state index in [9.17, 15) is 4.79 Å². The first kappa shape index (κ1) is 10.4. The van der Waals surface area contributed by atoms with E-state index in [1.54, 1.807) is 4.90 Å². The number of hydrogen-bond acceptors (Lipinski definition) is 2. The molecule has 1 saturated heterocycles. The van der Waals surface area contributed by atoms with Crippen molar-refractivity contribution in [1.29, 1.82) is 0 Å². The molecule has 0 unspecified atom stereocenters. The molecule has 0 spiro atoms. The van der Waals surface area contributed by atoms with Gasteiger partial charge in [0.15, 0.2) is 0 Å². The number of nitrogens with zero attached hydrogens (tertiary/aromatic N) is 1. The molecule has 0 bridgehead atoms. The minimum atomic E-state index is -0.386. The van der Waals surface area contributed by atoms with E-state index in [0.29, 0.717) is 0 Å². The predicted molar refractivity (Wildman–Crippen MR) is 51.6 cm³/mol. The molecular weight excluding hydrogens is 166 g/mol. The van der Waals surface area contributed by atoms with E-state index in [2.05, 4.69) is 13.8 Å². The van der Waals surface area contributed by atoms with Gasteiger partial charge in [0.1, 0.15) is 5.60 Å². The van der Waals surface area contributed by atoms with E-state index >= 15 is 0 Å². The summed E-state index contributed by atoms with van der Waals surface area (Å²) in [7, 11) is 0. The molecule has 1 fully saturated rings. The monoisotopic (exact) mass is 185 g/mol. The maximum atomic E-state index is 11.6. The van der Waals surface area contributed by atoms with Crippen LogP contribution in [0.1, 0.15) is 41.0 Å². The average molecular weight is 185 g/mol. The molecule has 1 rings (SSSR count). The Morgan fingerprint density at radius 2 is 1.92 bits per heavy atom. The van der Waals surface area contributed by atoms with Crippen molar-refractivity contribution in [2.75, 3.05) is 6.54 Å². The molecule has 0 aromatic rings. The summed E-state index contributed by atoms with van der Waals surface area (Å²) >= 11 is 0. The number of carbonyl (C=O) groups is 1. The van der Waals surface area contributed by atoms with Gasteiger partial charge in [-0.1, -0.05) is 0 Å². The smallest absolute Gasteiger partial charge is 0.410 e. The van der Waals surface area contributed by atoms with Crippen LogP contribution in [0.3, 0.4) is 0 Å². The number of likely N-dealkylation sites (tertiary alicyclic amines) is 1. The third-order valence-corrected chi connectivity index (χ3v) is 2.29. The molecule has 1 aliphatic heterocycles. The van der Waals surface area contributed by atoms with Crippen molar-refractivity contribution in [3.8, 4) is 0 Å². The molecule has 0 aromatic carbocycles. The highest BCUT2D eigenvalue weighted by Gasteiger charge is 2.41. The number of ether oxygens (including phenoxy) is 1. The molecule has 3 heteroatoms. The minimum Gasteiger partial charge on any atom is -0.444 e. The van der Waals surface area contributed by atoms with E-state index in [1.165, 1.54) is 0 Å². The molecule has 0 aliphatic carbocycles. The van der Waals surface area contributed by atoms with E-state index in [-0.39, 0.29) is 17.2 Å². The fraction of sp³-hybridized carbons (Fsp3) is 0.900. The van der Waals surface area contributed by atoms with Gasteiger partial charge in [0.05, 0.1) is 0 Å². The highest BCUT2D eigenvalue weighted by atomic mass is 16.6. The molecule has 0 radical (unpaired) electrons. The SMILES string of the molecule is CC(C)(C)OC(=O)N1CCC1(C)C. The number of carbonyl (C=O) groups excluding carboxylic acids is 1. The lowest BCUT2D eigenvalue weighted by Gasteiger charge is -2.48. The molecule has 3 nitrogen and oxygen atoms in total. The molecule has 76 valence electrons. The minimum absolute atomic E-state index is 0.0116. The van der Waals surface area contributed by atoms with Crippen LogP contribution in [0.2, 0.25) is 0 Å². The first-order chi connectivity index (χ1) is 5.72. The van der Waals surface area contributed by atoms with E-state index in [0.717, 1.165) is 13.0 Å². The Balaban J connectivity index is 2.50. The number of hydrogen-bond donors (Lipinski definition) is 0. The average Bonchev–Trinajstić information content (AvgIpc) is 1.80. The van der Waals surface area contributed by atoms with Crippen LogP contribution >= 0.6 is 0 Å². The summed E-state index contributed by atoms with van der Waals surface area (Å²) in [5, 5.41) is 0.